The number of alkyl halides is 1. The molecular weight excluding hydrogens is 633 g/mol. The lowest BCUT2D eigenvalue weighted by Gasteiger charge is -2.24. The summed E-state index contributed by atoms with van der Waals surface area (Å²) in [6.45, 7) is -1.15. The first-order valence-corrected chi connectivity index (χ1v) is 15.5. The molecule has 0 saturated carbocycles. The van der Waals surface area contributed by atoms with Gasteiger partial charge in [-0.2, -0.15) is 0 Å². The Labute approximate surface area is 246 Å². The van der Waals surface area contributed by atoms with Crippen LogP contribution in [-0.4, -0.2) is 101 Å². The van der Waals surface area contributed by atoms with Gasteiger partial charge in [0.25, 0.3) is 0 Å². The molecule has 44 heavy (non-hydrogen) atoms. The van der Waals surface area contributed by atoms with Gasteiger partial charge in [-0.15, -0.1) is 9.05 Å². The highest BCUT2D eigenvalue weighted by atomic mass is 31.2. The largest absolute Gasteiger partial charge is 0.698 e. The van der Waals surface area contributed by atoms with Gasteiger partial charge in [-0.1, -0.05) is 0 Å². The first-order valence-electron chi connectivity index (χ1n) is 12.9. The van der Waals surface area contributed by atoms with Crippen molar-refractivity contribution in [2.24, 2.45) is 0 Å². The molecule has 10 atom stereocenters. The first kappa shape index (κ1) is 29.4. The van der Waals surface area contributed by atoms with Crippen LogP contribution in [0.2, 0.25) is 0 Å². The minimum Gasteiger partial charge on any atom is -0.387 e. The van der Waals surface area contributed by atoms with Crippen molar-refractivity contribution in [3.8, 4) is 0 Å². The van der Waals surface area contributed by atoms with Gasteiger partial charge in [-0.3, -0.25) is 22.7 Å². The molecule has 23 heteroatoms. The van der Waals surface area contributed by atoms with Crippen LogP contribution in [0.3, 0.4) is 0 Å². The number of imidazole rings is 2. The Kier molecular flexibility index (Phi) is 7.48. The highest BCUT2D eigenvalue weighted by molar-refractivity contribution is 7.48. The molecule has 234 valence electrons. The van der Waals surface area contributed by atoms with Crippen LogP contribution < -0.4 is 11.5 Å². The first-order chi connectivity index (χ1) is 21.2. The average molecular weight is 657 g/mol. The highest BCUT2D eigenvalue weighted by Gasteiger charge is 2.55. The van der Waals surface area contributed by atoms with E-state index in [4.69, 9.17) is 43.6 Å². The molecule has 7 rings (SSSR count). The van der Waals surface area contributed by atoms with Gasteiger partial charge in [-0.25, -0.2) is 38.9 Å². The fraction of sp³-hybridized carbons (Fsp3) is 0.524. The summed E-state index contributed by atoms with van der Waals surface area (Å²) in [5.74, 6) is 0.155. The fourth-order valence-electron chi connectivity index (χ4n) is 5.19. The Balaban J connectivity index is 1.19. The maximum absolute atomic E-state index is 16.0. The maximum atomic E-state index is 16.0. The Morgan fingerprint density at radius 2 is 1.57 bits per heavy atom. The molecule has 3 fully saturated rings. The third-order valence-electron chi connectivity index (χ3n) is 7.33. The molecule has 0 aliphatic carbocycles. The van der Waals surface area contributed by atoms with Crippen molar-refractivity contribution in [2.45, 2.75) is 49.1 Å². The van der Waals surface area contributed by atoms with Crippen molar-refractivity contribution < 1.29 is 50.7 Å². The Bertz CT molecular complexity index is 1780. The molecule has 2 bridgehead atoms. The van der Waals surface area contributed by atoms with Gasteiger partial charge in [0.1, 0.15) is 54.7 Å². The Hall–Kier alpha value is -3.36. The number of anilines is 2. The number of rotatable bonds is 3. The summed E-state index contributed by atoms with van der Waals surface area (Å²) < 4.78 is 84.2. The van der Waals surface area contributed by atoms with Crippen LogP contribution in [-0.2, 0) is 41.2 Å². The fourth-order valence-corrected chi connectivity index (χ4v) is 7.08. The van der Waals surface area contributed by atoms with Crippen LogP contribution in [0.1, 0.15) is 12.5 Å². The number of phosphoric acid groups is 1. The standard InChI is InChI=1S/C21H24FN10O10P2/c1-36-44(35)38-3-8-13(33)15(21(39-8)32-7-30-12-17(24)26-5-28-19(12)32)41-43(34)37-2-9-14(42-44)10(22)20(40-9)31-6-29-11-16(23)25-4-27-18(11)31/h4-10,13-15,20-21,33H,2-3H2,1H3,(H2,23,25,27)(H2,24,26,28)/q+1. The van der Waals surface area contributed by atoms with E-state index in [-0.39, 0.29) is 34.0 Å². The molecule has 4 aromatic rings. The van der Waals surface area contributed by atoms with E-state index in [1.54, 1.807) is 0 Å². The molecule has 0 radical (unpaired) electrons. The number of halogens is 1. The molecule has 3 saturated heterocycles. The summed E-state index contributed by atoms with van der Waals surface area (Å²) >= 11 is 0. The second kappa shape index (κ2) is 11.2. The Morgan fingerprint density at radius 1 is 0.955 bits per heavy atom. The molecule has 4 aromatic heterocycles. The number of aromatic nitrogens is 8. The number of aliphatic hydroxyl groups is 1. The molecule has 3 aliphatic heterocycles. The van der Waals surface area contributed by atoms with E-state index in [9.17, 15) is 14.2 Å². The maximum Gasteiger partial charge on any atom is 0.698 e. The van der Waals surface area contributed by atoms with Crippen molar-refractivity contribution in [1.82, 2.24) is 39.0 Å². The summed E-state index contributed by atoms with van der Waals surface area (Å²) in [4.78, 5) is 24.3. The number of hydrogen-bond acceptors (Lipinski definition) is 18. The van der Waals surface area contributed by atoms with Crippen LogP contribution >= 0.6 is 16.1 Å². The number of nitrogens with zero attached hydrogens (tertiary/aromatic N) is 8. The SMILES string of the molecule is COP1(=O)OCC2OC(n3cnc4c(N)ncnc43)C(O[P+](=O)OCC3OC(n4cnc5c(N)ncnc54)C(F)C3O1)C2O. The average Bonchev–Trinajstić information content (AvgIpc) is 3.77. The summed E-state index contributed by atoms with van der Waals surface area (Å²) in [5, 5.41) is 11.1. The predicted molar refractivity (Wildman–Crippen MR) is 142 cm³/mol. The van der Waals surface area contributed by atoms with Crippen molar-refractivity contribution in [3.05, 3.63) is 25.3 Å². The van der Waals surface area contributed by atoms with E-state index in [2.05, 4.69) is 29.9 Å². The summed E-state index contributed by atoms with van der Waals surface area (Å²) in [6, 6.07) is 0. The zero-order valence-electron chi connectivity index (χ0n) is 22.5. The Morgan fingerprint density at radius 3 is 2.20 bits per heavy atom. The van der Waals surface area contributed by atoms with Crippen molar-refractivity contribution in [3.63, 3.8) is 0 Å². The lowest BCUT2D eigenvalue weighted by atomic mass is 10.1. The minimum absolute atomic E-state index is 0.0627. The minimum atomic E-state index is -4.53. The van der Waals surface area contributed by atoms with Crippen molar-refractivity contribution >= 4 is 50.0 Å². The molecular formula is C21H24FN10O10P2+. The van der Waals surface area contributed by atoms with Crippen LogP contribution in [0.25, 0.3) is 22.3 Å². The second-order valence-electron chi connectivity index (χ2n) is 9.82. The van der Waals surface area contributed by atoms with E-state index >= 15 is 4.39 Å². The smallest absolute Gasteiger partial charge is 0.387 e. The summed E-state index contributed by atoms with van der Waals surface area (Å²) in [6.07, 6.45) is -6.66. The molecule has 0 spiro atoms. The van der Waals surface area contributed by atoms with Gasteiger partial charge in [0.2, 0.25) is 0 Å². The molecule has 3 aliphatic rings. The number of nitrogens with two attached hydrogens (primary N) is 2. The monoisotopic (exact) mass is 657 g/mol. The van der Waals surface area contributed by atoms with Gasteiger partial charge >= 0.3 is 16.1 Å². The normalized spacial score (nSPS) is 35.8. The van der Waals surface area contributed by atoms with Crippen molar-refractivity contribution in [1.29, 1.82) is 0 Å². The van der Waals surface area contributed by atoms with E-state index in [1.807, 2.05) is 0 Å². The second-order valence-corrected chi connectivity index (χ2v) is 12.5. The van der Waals surface area contributed by atoms with Gasteiger partial charge < -0.3 is 26.0 Å². The van der Waals surface area contributed by atoms with Crippen LogP contribution in [0, 0.1) is 0 Å². The van der Waals surface area contributed by atoms with Gasteiger partial charge in [0.15, 0.2) is 47.7 Å². The van der Waals surface area contributed by atoms with Crippen LogP contribution in [0.4, 0.5) is 16.0 Å². The number of hydrogen-bond donors (Lipinski definition) is 3. The van der Waals surface area contributed by atoms with Crippen LogP contribution in [0.5, 0.6) is 0 Å². The predicted octanol–water partition coefficient (Wildman–Crippen LogP) is 0.553. The lowest BCUT2D eigenvalue weighted by Crippen LogP contribution is -2.35. The molecule has 20 nitrogen and oxygen atoms in total. The quantitative estimate of drug-likeness (QED) is 0.254. The molecule has 5 N–H and O–H groups in total. The van der Waals surface area contributed by atoms with E-state index in [0.717, 1.165) is 7.11 Å². The summed E-state index contributed by atoms with van der Waals surface area (Å²) in [7, 11) is -6.48. The van der Waals surface area contributed by atoms with Crippen molar-refractivity contribution in [2.75, 3.05) is 31.8 Å². The third-order valence-corrected chi connectivity index (χ3v) is 9.52. The molecule has 0 amide bonds. The molecule has 7 heterocycles. The molecule has 0 aromatic carbocycles. The highest BCUT2D eigenvalue weighted by Crippen LogP contribution is 2.54. The number of phosphoric ester groups is 1. The number of aliphatic hydroxyl groups excluding tert-OH is 1. The number of fused-ring (bicyclic) bond motifs is 5. The summed E-state index contributed by atoms with van der Waals surface area (Å²) in [5.41, 5.74) is 12.6. The van der Waals surface area contributed by atoms with Gasteiger partial charge in [0, 0.05) is 11.7 Å². The van der Waals surface area contributed by atoms with E-state index in [1.165, 1.54) is 34.4 Å². The van der Waals surface area contributed by atoms with E-state index < -0.39 is 78.4 Å². The zero-order chi connectivity index (χ0) is 30.7. The number of nitrogen functional groups attached to an aromatic ring is 2. The van der Waals surface area contributed by atoms with E-state index in [0.29, 0.717) is 0 Å². The van der Waals surface area contributed by atoms with Gasteiger partial charge in [0.05, 0.1) is 19.3 Å². The van der Waals surface area contributed by atoms with Gasteiger partial charge in [-0.05, 0) is 0 Å². The number of ether oxygens (including phenoxy) is 2. The molecule has 10 unspecified atom stereocenters. The van der Waals surface area contributed by atoms with Crippen LogP contribution in [0.15, 0.2) is 25.3 Å². The lowest BCUT2D eigenvalue weighted by molar-refractivity contribution is -0.0625. The third kappa shape index (κ3) is 4.91. The topological polar surface area (TPSA) is 258 Å². The zero-order valence-corrected chi connectivity index (χ0v) is 24.3.